The lowest BCUT2D eigenvalue weighted by Crippen LogP contribution is -2.09. The number of rotatable bonds is 3. The van der Waals surface area contributed by atoms with E-state index in [0.29, 0.717) is 0 Å². The molecule has 2 aromatic rings. The van der Waals surface area contributed by atoms with Gasteiger partial charge in [-0.1, -0.05) is 6.07 Å². The van der Waals surface area contributed by atoms with Gasteiger partial charge in [0.1, 0.15) is 23.2 Å². The first-order chi connectivity index (χ1) is 9.45. The van der Waals surface area contributed by atoms with Crippen LogP contribution in [0.4, 0.5) is 13.2 Å². The lowest BCUT2D eigenvalue weighted by Gasteiger charge is -2.10. The van der Waals surface area contributed by atoms with Gasteiger partial charge in [-0.2, -0.15) is 0 Å². The summed E-state index contributed by atoms with van der Waals surface area (Å²) < 4.78 is 45.5. The van der Waals surface area contributed by atoms with E-state index in [1.165, 1.54) is 7.11 Å². The maximum absolute atomic E-state index is 13.6. The molecule has 0 radical (unpaired) electrons. The number of halogens is 4. The number of carbonyl (C=O) groups is 1. The Hall–Kier alpha value is -1.82. The van der Waals surface area contributed by atoms with Gasteiger partial charge in [0, 0.05) is 6.07 Å². The van der Waals surface area contributed by atoms with Crippen molar-refractivity contribution in [2.24, 2.45) is 0 Å². The lowest BCUT2D eigenvalue weighted by atomic mass is 10.0. The van der Waals surface area contributed by atoms with Crippen LogP contribution in [0.1, 0.15) is 15.9 Å². The van der Waals surface area contributed by atoms with Gasteiger partial charge in [0.05, 0.1) is 22.7 Å². The summed E-state index contributed by atoms with van der Waals surface area (Å²) in [6.45, 7) is 0. The molecular weight excluding hydrogens is 337 g/mol. The standard InChI is InChI=1S/C14H8BrF3O2/c1-20-12-6-11(18)8(15)5-7(12)14(19)13-9(16)3-2-4-10(13)17/h2-6H,1H3. The van der Waals surface area contributed by atoms with Crippen LogP contribution in [0.25, 0.3) is 0 Å². The second-order valence-corrected chi connectivity index (χ2v) is 4.75. The zero-order chi connectivity index (χ0) is 14.9. The van der Waals surface area contributed by atoms with E-state index in [-0.39, 0.29) is 15.8 Å². The minimum absolute atomic E-state index is 0.00148. The van der Waals surface area contributed by atoms with E-state index in [0.717, 1.165) is 30.3 Å². The van der Waals surface area contributed by atoms with E-state index in [2.05, 4.69) is 15.9 Å². The number of ether oxygens (including phenoxy) is 1. The fourth-order valence-corrected chi connectivity index (χ4v) is 2.07. The van der Waals surface area contributed by atoms with Gasteiger partial charge in [0.15, 0.2) is 0 Å². The molecule has 0 unspecified atom stereocenters. The number of benzene rings is 2. The molecule has 0 bridgehead atoms. The highest BCUT2D eigenvalue weighted by Gasteiger charge is 2.23. The third-order valence-electron chi connectivity index (χ3n) is 2.68. The Morgan fingerprint density at radius 1 is 1.10 bits per heavy atom. The molecule has 20 heavy (non-hydrogen) atoms. The summed E-state index contributed by atoms with van der Waals surface area (Å²) in [6, 6.07) is 5.19. The molecule has 0 amide bonds. The molecule has 0 spiro atoms. The predicted molar refractivity (Wildman–Crippen MR) is 70.4 cm³/mol. The fraction of sp³-hybridized carbons (Fsp3) is 0.0714. The maximum atomic E-state index is 13.6. The van der Waals surface area contributed by atoms with E-state index in [1.807, 2.05) is 0 Å². The molecule has 0 aromatic heterocycles. The van der Waals surface area contributed by atoms with Gasteiger partial charge in [0.25, 0.3) is 0 Å². The Morgan fingerprint density at radius 2 is 1.70 bits per heavy atom. The molecule has 0 saturated heterocycles. The first kappa shape index (κ1) is 14.6. The van der Waals surface area contributed by atoms with Crippen LogP contribution >= 0.6 is 15.9 Å². The highest BCUT2D eigenvalue weighted by atomic mass is 79.9. The quantitative estimate of drug-likeness (QED) is 0.783. The topological polar surface area (TPSA) is 26.3 Å². The predicted octanol–water partition coefficient (Wildman–Crippen LogP) is 4.11. The zero-order valence-electron chi connectivity index (χ0n) is 10.2. The molecule has 0 atom stereocenters. The Morgan fingerprint density at radius 3 is 2.25 bits per heavy atom. The van der Waals surface area contributed by atoms with Crippen LogP contribution in [-0.4, -0.2) is 12.9 Å². The summed E-state index contributed by atoms with van der Waals surface area (Å²) >= 11 is 2.92. The minimum Gasteiger partial charge on any atom is -0.496 e. The van der Waals surface area contributed by atoms with E-state index >= 15 is 0 Å². The van der Waals surface area contributed by atoms with Crippen molar-refractivity contribution in [3.05, 3.63) is 63.4 Å². The Kier molecular flexibility index (Phi) is 4.13. The molecule has 0 aliphatic heterocycles. The van der Waals surface area contributed by atoms with Gasteiger partial charge in [-0.25, -0.2) is 13.2 Å². The van der Waals surface area contributed by atoms with Gasteiger partial charge in [-0.15, -0.1) is 0 Å². The molecule has 0 N–H and O–H groups in total. The summed E-state index contributed by atoms with van der Waals surface area (Å²) in [7, 11) is 1.23. The van der Waals surface area contributed by atoms with Gasteiger partial charge in [0.2, 0.25) is 5.78 Å². The monoisotopic (exact) mass is 344 g/mol. The summed E-state index contributed by atoms with van der Waals surface area (Å²) in [5.74, 6) is -3.64. The second kappa shape index (κ2) is 5.66. The molecule has 2 rings (SSSR count). The van der Waals surface area contributed by atoms with Crippen LogP contribution in [0, 0.1) is 17.5 Å². The number of ketones is 1. The molecule has 0 aliphatic rings. The minimum atomic E-state index is -0.988. The summed E-state index contributed by atoms with van der Waals surface area (Å²) in [5.41, 5.74) is -0.839. The average molecular weight is 345 g/mol. The maximum Gasteiger partial charge on any atom is 0.202 e. The highest BCUT2D eigenvalue weighted by Crippen LogP contribution is 2.29. The van der Waals surface area contributed by atoms with E-state index < -0.39 is 28.8 Å². The van der Waals surface area contributed by atoms with Gasteiger partial charge in [-0.05, 0) is 34.1 Å². The average Bonchev–Trinajstić information content (AvgIpc) is 2.41. The molecule has 0 heterocycles. The van der Waals surface area contributed by atoms with Crippen molar-refractivity contribution in [3.8, 4) is 5.75 Å². The molecule has 2 nitrogen and oxygen atoms in total. The third-order valence-corrected chi connectivity index (χ3v) is 3.28. The second-order valence-electron chi connectivity index (χ2n) is 3.89. The first-order valence-corrected chi connectivity index (χ1v) is 6.26. The summed E-state index contributed by atoms with van der Waals surface area (Å²) in [4.78, 5) is 12.2. The SMILES string of the molecule is COc1cc(F)c(Br)cc1C(=O)c1c(F)cccc1F. The van der Waals surface area contributed by atoms with Crippen molar-refractivity contribution in [1.82, 2.24) is 0 Å². The fourth-order valence-electron chi connectivity index (χ4n) is 1.72. The van der Waals surface area contributed by atoms with Crippen LogP contribution < -0.4 is 4.74 Å². The molecule has 0 fully saturated rings. The molecular formula is C14H8BrF3O2. The summed E-state index contributed by atoms with van der Waals surface area (Å²) in [5, 5.41) is 0. The van der Waals surface area contributed by atoms with Gasteiger partial charge < -0.3 is 4.74 Å². The van der Waals surface area contributed by atoms with Crippen molar-refractivity contribution < 1.29 is 22.7 Å². The normalized spacial score (nSPS) is 10.4. The van der Waals surface area contributed by atoms with Crippen molar-refractivity contribution in [3.63, 3.8) is 0 Å². The smallest absolute Gasteiger partial charge is 0.202 e. The Bertz CT molecular complexity index is 666. The molecule has 6 heteroatoms. The van der Waals surface area contributed by atoms with Crippen molar-refractivity contribution in [2.75, 3.05) is 7.11 Å². The van der Waals surface area contributed by atoms with Crippen LogP contribution in [0.5, 0.6) is 5.75 Å². The molecule has 104 valence electrons. The van der Waals surface area contributed by atoms with Crippen molar-refractivity contribution in [1.29, 1.82) is 0 Å². The molecule has 0 saturated carbocycles. The lowest BCUT2D eigenvalue weighted by molar-refractivity contribution is 0.102. The largest absolute Gasteiger partial charge is 0.496 e. The highest BCUT2D eigenvalue weighted by molar-refractivity contribution is 9.10. The van der Waals surface area contributed by atoms with Gasteiger partial charge in [-0.3, -0.25) is 4.79 Å². The van der Waals surface area contributed by atoms with E-state index in [4.69, 9.17) is 4.74 Å². The Balaban J connectivity index is 2.62. The van der Waals surface area contributed by atoms with Crippen LogP contribution in [-0.2, 0) is 0 Å². The van der Waals surface area contributed by atoms with Gasteiger partial charge >= 0.3 is 0 Å². The number of carbonyl (C=O) groups excluding carboxylic acids is 1. The zero-order valence-corrected chi connectivity index (χ0v) is 11.8. The van der Waals surface area contributed by atoms with Crippen molar-refractivity contribution >= 4 is 21.7 Å². The number of hydrogen-bond acceptors (Lipinski definition) is 2. The molecule has 2 aromatic carbocycles. The third kappa shape index (κ3) is 2.56. The summed E-state index contributed by atoms with van der Waals surface area (Å²) in [6.07, 6.45) is 0. The van der Waals surface area contributed by atoms with E-state index in [9.17, 15) is 18.0 Å². The van der Waals surface area contributed by atoms with Crippen LogP contribution in [0.2, 0.25) is 0 Å². The van der Waals surface area contributed by atoms with E-state index in [1.54, 1.807) is 0 Å². The first-order valence-electron chi connectivity index (χ1n) is 5.47. The Labute approximate surface area is 121 Å². The molecule has 0 aliphatic carbocycles. The van der Waals surface area contributed by atoms with Crippen LogP contribution in [0.15, 0.2) is 34.8 Å². The van der Waals surface area contributed by atoms with Crippen molar-refractivity contribution in [2.45, 2.75) is 0 Å². The van der Waals surface area contributed by atoms with Crippen LogP contribution in [0.3, 0.4) is 0 Å². The number of hydrogen-bond donors (Lipinski definition) is 0. The number of methoxy groups -OCH3 is 1.